The van der Waals surface area contributed by atoms with Crippen LogP contribution in [0.3, 0.4) is 0 Å². The molecule has 1 N–H and O–H groups in total. The maximum Gasteiger partial charge on any atom is 0.411 e. The quantitative estimate of drug-likeness (QED) is 0.863. The number of carbonyl (C=O) groups excluding carboxylic acids is 1. The number of ether oxygens (including phenoxy) is 1. The summed E-state index contributed by atoms with van der Waals surface area (Å²) in [6, 6.07) is 3.99. The summed E-state index contributed by atoms with van der Waals surface area (Å²) >= 11 is 0. The molecule has 0 aromatic carbocycles. The van der Waals surface area contributed by atoms with Gasteiger partial charge in [0.15, 0.2) is 0 Å². The summed E-state index contributed by atoms with van der Waals surface area (Å²) in [5.74, 6) is -0.343. The second-order valence-corrected chi connectivity index (χ2v) is 5.67. The average molecular weight is 331 g/mol. The molecule has 2 heterocycles. The van der Waals surface area contributed by atoms with E-state index in [0.717, 1.165) is 18.5 Å². The van der Waals surface area contributed by atoms with E-state index in [1.165, 1.54) is 0 Å². The van der Waals surface area contributed by atoms with Crippen molar-refractivity contribution in [2.24, 2.45) is 5.92 Å². The van der Waals surface area contributed by atoms with Gasteiger partial charge in [-0.3, -0.25) is 14.7 Å². The van der Waals surface area contributed by atoms with Crippen molar-refractivity contribution >= 4 is 5.91 Å². The van der Waals surface area contributed by atoms with Crippen molar-refractivity contribution in [1.82, 2.24) is 15.2 Å². The van der Waals surface area contributed by atoms with Crippen molar-refractivity contribution < 1.29 is 22.7 Å². The number of hydrogen-bond acceptors (Lipinski definition) is 4. The van der Waals surface area contributed by atoms with Crippen LogP contribution in [0.15, 0.2) is 24.5 Å². The van der Waals surface area contributed by atoms with E-state index in [4.69, 9.17) is 0 Å². The van der Waals surface area contributed by atoms with Gasteiger partial charge in [-0.05, 0) is 37.6 Å². The number of carbonyl (C=O) groups is 1. The van der Waals surface area contributed by atoms with Crippen LogP contribution in [-0.4, -0.2) is 55.3 Å². The molecule has 1 aromatic heterocycles. The van der Waals surface area contributed by atoms with E-state index >= 15 is 0 Å². The van der Waals surface area contributed by atoms with Crippen molar-refractivity contribution in [2.75, 3.05) is 33.4 Å². The Bertz CT molecular complexity index is 510. The summed E-state index contributed by atoms with van der Waals surface area (Å²) in [6.07, 6.45) is -0.0133. The minimum absolute atomic E-state index is 0.139. The van der Waals surface area contributed by atoms with Gasteiger partial charge < -0.3 is 10.1 Å². The first-order valence-electron chi connectivity index (χ1n) is 7.38. The Morgan fingerprint density at radius 3 is 2.96 bits per heavy atom. The van der Waals surface area contributed by atoms with Gasteiger partial charge in [0.1, 0.15) is 13.2 Å². The number of nitrogens with zero attached hydrogens (tertiary/aromatic N) is 2. The van der Waals surface area contributed by atoms with Crippen LogP contribution < -0.4 is 5.32 Å². The van der Waals surface area contributed by atoms with E-state index in [-0.39, 0.29) is 12.0 Å². The predicted molar refractivity (Wildman–Crippen MR) is 77.6 cm³/mol. The molecule has 2 atom stereocenters. The summed E-state index contributed by atoms with van der Waals surface area (Å²) in [7, 11) is 2.01. The highest BCUT2D eigenvalue weighted by atomic mass is 19.4. The molecule has 2 rings (SSSR count). The van der Waals surface area contributed by atoms with Crippen LogP contribution in [0, 0.1) is 5.92 Å². The lowest BCUT2D eigenvalue weighted by Crippen LogP contribution is -2.35. The lowest BCUT2D eigenvalue weighted by Gasteiger charge is -2.25. The molecule has 1 aliphatic rings. The normalized spacial score (nSPS) is 22.3. The van der Waals surface area contributed by atoms with E-state index in [9.17, 15) is 18.0 Å². The highest BCUT2D eigenvalue weighted by Gasteiger charge is 2.33. The topological polar surface area (TPSA) is 54.5 Å². The van der Waals surface area contributed by atoms with Gasteiger partial charge in [0.2, 0.25) is 5.91 Å². The van der Waals surface area contributed by atoms with Gasteiger partial charge >= 0.3 is 6.18 Å². The van der Waals surface area contributed by atoms with Gasteiger partial charge in [-0.25, -0.2) is 0 Å². The van der Waals surface area contributed by atoms with Gasteiger partial charge in [-0.2, -0.15) is 13.2 Å². The lowest BCUT2D eigenvalue weighted by molar-refractivity contribution is -0.175. The molecule has 23 heavy (non-hydrogen) atoms. The molecule has 0 aliphatic carbocycles. The summed E-state index contributed by atoms with van der Waals surface area (Å²) < 4.78 is 40.2. The molecule has 1 aromatic rings. The van der Waals surface area contributed by atoms with E-state index in [1.54, 1.807) is 12.4 Å². The molecule has 0 saturated carbocycles. The van der Waals surface area contributed by atoms with Crippen molar-refractivity contribution in [3.05, 3.63) is 30.1 Å². The van der Waals surface area contributed by atoms with Crippen LogP contribution in [0.1, 0.15) is 18.0 Å². The van der Waals surface area contributed by atoms with Crippen LogP contribution in [0.4, 0.5) is 13.2 Å². The number of hydrogen-bond donors (Lipinski definition) is 1. The maximum atomic E-state index is 12.0. The number of rotatable bonds is 6. The number of amides is 1. The first-order chi connectivity index (χ1) is 10.9. The van der Waals surface area contributed by atoms with Gasteiger partial charge in [-0.15, -0.1) is 0 Å². The average Bonchev–Trinajstić information content (AvgIpc) is 2.85. The molecule has 1 fully saturated rings. The molecular formula is C15H20F3N3O2. The molecule has 0 bridgehead atoms. The van der Waals surface area contributed by atoms with Crippen LogP contribution >= 0.6 is 0 Å². The molecule has 8 heteroatoms. The number of halogens is 3. The molecule has 1 aliphatic heterocycles. The Balaban J connectivity index is 1.81. The molecule has 0 spiro atoms. The molecule has 5 nitrogen and oxygen atoms in total. The first-order valence-corrected chi connectivity index (χ1v) is 7.38. The van der Waals surface area contributed by atoms with Crippen LogP contribution in [0.25, 0.3) is 0 Å². The van der Waals surface area contributed by atoms with Gasteiger partial charge in [0.25, 0.3) is 0 Å². The summed E-state index contributed by atoms with van der Waals surface area (Å²) in [5, 5.41) is 2.65. The largest absolute Gasteiger partial charge is 0.411 e. The Morgan fingerprint density at radius 2 is 2.30 bits per heavy atom. The third-order valence-electron chi connectivity index (χ3n) is 3.86. The van der Waals surface area contributed by atoms with E-state index in [1.807, 2.05) is 19.2 Å². The Labute approximate surface area is 132 Å². The molecule has 128 valence electrons. The fourth-order valence-electron chi connectivity index (χ4n) is 2.87. The Hall–Kier alpha value is -1.67. The molecule has 1 amide bonds. The van der Waals surface area contributed by atoms with Crippen molar-refractivity contribution in [3.8, 4) is 0 Å². The highest BCUT2D eigenvalue weighted by molar-refractivity contribution is 5.77. The zero-order chi connectivity index (χ0) is 16.9. The molecular weight excluding hydrogens is 311 g/mol. The van der Waals surface area contributed by atoms with E-state index in [2.05, 4.69) is 19.9 Å². The zero-order valence-corrected chi connectivity index (χ0v) is 12.8. The van der Waals surface area contributed by atoms with Crippen molar-refractivity contribution in [3.63, 3.8) is 0 Å². The second-order valence-electron chi connectivity index (χ2n) is 5.67. The summed E-state index contributed by atoms with van der Waals surface area (Å²) in [6.45, 7) is -0.701. The minimum atomic E-state index is -4.42. The van der Waals surface area contributed by atoms with Crippen molar-refractivity contribution in [2.45, 2.75) is 18.6 Å². The molecule has 1 saturated heterocycles. The summed E-state index contributed by atoms with van der Waals surface area (Å²) in [4.78, 5) is 17.9. The SMILES string of the molecule is CN1CC[C@@H](CNC(=O)COCC(F)(F)F)[C@@H]1c1cccnc1. The Morgan fingerprint density at radius 1 is 1.52 bits per heavy atom. The minimum Gasteiger partial charge on any atom is -0.362 e. The number of pyridine rings is 1. The third-order valence-corrected chi connectivity index (χ3v) is 3.86. The highest BCUT2D eigenvalue weighted by Crippen LogP contribution is 2.35. The standard InChI is InChI=1S/C15H20F3N3O2/c1-21-6-4-12(14(21)11-3-2-5-19-7-11)8-20-13(22)9-23-10-15(16,17)18/h2-3,5,7,12,14H,4,6,8-10H2,1H3,(H,20,22)/t12-,14-/m0/s1. The van der Waals surface area contributed by atoms with Gasteiger partial charge in [0, 0.05) is 25.0 Å². The number of nitrogens with one attached hydrogen (secondary N) is 1. The predicted octanol–water partition coefficient (Wildman–Crippen LogP) is 1.77. The lowest BCUT2D eigenvalue weighted by atomic mass is 9.95. The van der Waals surface area contributed by atoms with Crippen molar-refractivity contribution in [1.29, 1.82) is 0 Å². The molecule has 0 unspecified atom stereocenters. The van der Waals surface area contributed by atoms with Gasteiger partial charge in [-0.1, -0.05) is 6.07 Å². The number of likely N-dealkylation sites (tertiary alicyclic amines) is 1. The fourth-order valence-corrected chi connectivity index (χ4v) is 2.87. The molecule has 0 radical (unpaired) electrons. The monoisotopic (exact) mass is 331 g/mol. The Kier molecular flexibility index (Phi) is 5.95. The van der Waals surface area contributed by atoms with Gasteiger partial charge in [0.05, 0.1) is 0 Å². The van der Waals surface area contributed by atoms with E-state index in [0.29, 0.717) is 6.54 Å². The first kappa shape index (κ1) is 17.7. The second kappa shape index (κ2) is 7.74. The number of alkyl halides is 3. The maximum absolute atomic E-state index is 12.0. The summed E-state index contributed by atoms with van der Waals surface area (Å²) in [5.41, 5.74) is 1.07. The third kappa shape index (κ3) is 5.47. The van der Waals surface area contributed by atoms with Crippen LogP contribution in [-0.2, 0) is 9.53 Å². The fraction of sp³-hybridized carbons (Fsp3) is 0.600. The zero-order valence-electron chi connectivity index (χ0n) is 12.8. The van der Waals surface area contributed by atoms with E-state index < -0.39 is 25.3 Å². The smallest absolute Gasteiger partial charge is 0.362 e. The number of aromatic nitrogens is 1. The van der Waals surface area contributed by atoms with Crippen LogP contribution in [0.2, 0.25) is 0 Å². The van der Waals surface area contributed by atoms with Crippen LogP contribution in [0.5, 0.6) is 0 Å².